The molecule has 0 unspecified atom stereocenters. The minimum Gasteiger partial charge on any atom is -0.463 e. The molecule has 0 aliphatic heterocycles. The third-order valence-electron chi connectivity index (χ3n) is 4.97. The Morgan fingerprint density at radius 2 is 1.96 bits per heavy atom. The summed E-state index contributed by atoms with van der Waals surface area (Å²) < 4.78 is 9.17. The number of benzene rings is 1. The Kier molecular flexibility index (Phi) is 4.32. The topological polar surface area (TPSA) is 65.0 Å². The van der Waals surface area contributed by atoms with Gasteiger partial charge in [-0.15, -0.1) is 0 Å². The summed E-state index contributed by atoms with van der Waals surface area (Å²) in [5.74, 6) is -0.169. The van der Waals surface area contributed by atoms with Crippen molar-refractivity contribution in [1.82, 2.24) is 14.3 Å². The number of furan rings is 1. The monoisotopic (exact) mass is 362 g/mol. The van der Waals surface area contributed by atoms with E-state index >= 15 is 0 Å². The number of amides is 1. The number of nitrogens with zero attached hydrogens (tertiary/aromatic N) is 3. The minimum atomic E-state index is -0.169. The zero-order valence-corrected chi connectivity index (χ0v) is 15.7. The molecule has 0 atom stereocenters. The standard InChI is InChI=1S/C21H22N4O2/c1-14-20(15(2)25(23-14)11-9-16-7-5-4-6-8-16)22-21(26)18-13-19-17(24(18)3)10-12-27-19/h4-8,10,12-13H,9,11H2,1-3H3,(H,22,26). The molecule has 138 valence electrons. The lowest BCUT2D eigenvalue weighted by atomic mass is 10.1. The summed E-state index contributed by atoms with van der Waals surface area (Å²) in [6.45, 7) is 4.67. The largest absolute Gasteiger partial charge is 0.463 e. The Balaban J connectivity index is 1.53. The molecule has 3 aromatic heterocycles. The van der Waals surface area contributed by atoms with Gasteiger partial charge >= 0.3 is 0 Å². The lowest BCUT2D eigenvalue weighted by Crippen LogP contribution is -2.16. The van der Waals surface area contributed by atoms with E-state index in [4.69, 9.17) is 4.42 Å². The predicted molar refractivity (Wildman–Crippen MR) is 105 cm³/mol. The molecule has 4 aromatic rings. The van der Waals surface area contributed by atoms with Crippen molar-refractivity contribution in [3.05, 3.63) is 71.4 Å². The van der Waals surface area contributed by atoms with Gasteiger partial charge in [-0.3, -0.25) is 9.48 Å². The number of aryl methyl sites for hydroxylation is 4. The van der Waals surface area contributed by atoms with Gasteiger partial charge in [0.05, 0.1) is 28.9 Å². The lowest BCUT2D eigenvalue weighted by Gasteiger charge is -2.08. The highest BCUT2D eigenvalue weighted by atomic mass is 16.3. The first-order valence-corrected chi connectivity index (χ1v) is 8.97. The van der Waals surface area contributed by atoms with E-state index in [0.717, 1.165) is 35.6 Å². The molecular weight excluding hydrogens is 340 g/mol. The van der Waals surface area contributed by atoms with Gasteiger partial charge in [-0.05, 0) is 25.8 Å². The van der Waals surface area contributed by atoms with E-state index in [1.807, 2.05) is 54.4 Å². The van der Waals surface area contributed by atoms with Gasteiger partial charge in [0.2, 0.25) is 0 Å². The molecule has 0 spiro atoms. The molecule has 0 saturated heterocycles. The Labute approximate surface area is 157 Å². The van der Waals surface area contributed by atoms with E-state index in [-0.39, 0.29) is 5.91 Å². The second-order valence-corrected chi connectivity index (χ2v) is 6.72. The second-order valence-electron chi connectivity index (χ2n) is 6.72. The highest BCUT2D eigenvalue weighted by Gasteiger charge is 2.19. The van der Waals surface area contributed by atoms with Crippen LogP contribution in [-0.4, -0.2) is 20.3 Å². The number of hydrogen-bond acceptors (Lipinski definition) is 3. The number of anilines is 1. The van der Waals surface area contributed by atoms with Crippen LogP contribution in [0.2, 0.25) is 0 Å². The molecule has 1 aromatic carbocycles. The van der Waals surface area contributed by atoms with Crippen molar-refractivity contribution in [3.8, 4) is 0 Å². The molecule has 4 rings (SSSR count). The highest BCUT2D eigenvalue weighted by molar-refractivity contribution is 6.06. The van der Waals surface area contributed by atoms with Crippen LogP contribution in [0.15, 0.2) is 53.1 Å². The van der Waals surface area contributed by atoms with Crippen LogP contribution in [0.1, 0.15) is 27.4 Å². The molecule has 6 nitrogen and oxygen atoms in total. The molecular formula is C21H22N4O2. The first-order valence-electron chi connectivity index (χ1n) is 8.97. The van der Waals surface area contributed by atoms with E-state index in [2.05, 4.69) is 22.5 Å². The fourth-order valence-electron chi connectivity index (χ4n) is 3.42. The molecule has 0 radical (unpaired) electrons. The summed E-state index contributed by atoms with van der Waals surface area (Å²) >= 11 is 0. The first-order chi connectivity index (χ1) is 13.0. The summed E-state index contributed by atoms with van der Waals surface area (Å²) in [5.41, 5.74) is 5.95. The van der Waals surface area contributed by atoms with Crippen LogP contribution < -0.4 is 5.32 Å². The van der Waals surface area contributed by atoms with Crippen molar-refractivity contribution in [2.24, 2.45) is 7.05 Å². The number of fused-ring (bicyclic) bond motifs is 1. The van der Waals surface area contributed by atoms with Crippen LogP contribution >= 0.6 is 0 Å². The van der Waals surface area contributed by atoms with Crippen molar-refractivity contribution in [3.63, 3.8) is 0 Å². The number of aromatic nitrogens is 3. The third-order valence-corrected chi connectivity index (χ3v) is 4.97. The smallest absolute Gasteiger partial charge is 0.272 e. The highest BCUT2D eigenvalue weighted by Crippen LogP contribution is 2.23. The molecule has 1 N–H and O–H groups in total. The van der Waals surface area contributed by atoms with Crippen LogP contribution in [0.4, 0.5) is 5.69 Å². The summed E-state index contributed by atoms with van der Waals surface area (Å²) in [7, 11) is 1.86. The Morgan fingerprint density at radius 1 is 1.19 bits per heavy atom. The van der Waals surface area contributed by atoms with Crippen molar-refractivity contribution in [2.45, 2.75) is 26.8 Å². The van der Waals surface area contributed by atoms with Crippen molar-refractivity contribution in [1.29, 1.82) is 0 Å². The van der Waals surface area contributed by atoms with Gasteiger partial charge in [-0.1, -0.05) is 30.3 Å². The van der Waals surface area contributed by atoms with Crippen LogP contribution in [0.5, 0.6) is 0 Å². The average molecular weight is 362 g/mol. The Bertz CT molecular complexity index is 1100. The Morgan fingerprint density at radius 3 is 2.70 bits per heavy atom. The van der Waals surface area contributed by atoms with Gasteiger partial charge < -0.3 is 14.3 Å². The zero-order chi connectivity index (χ0) is 19.0. The number of carbonyl (C=O) groups excluding carboxylic acids is 1. The van der Waals surface area contributed by atoms with Gasteiger partial charge in [0, 0.05) is 25.7 Å². The van der Waals surface area contributed by atoms with E-state index in [1.165, 1.54) is 5.56 Å². The number of rotatable bonds is 5. The molecule has 1 amide bonds. The maximum atomic E-state index is 12.8. The van der Waals surface area contributed by atoms with Gasteiger partial charge in [0.25, 0.3) is 5.91 Å². The number of hydrogen-bond donors (Lipinski definition) is 1. The van der Waals surface area contributed by atoms with Crippen molar-refractivity contribution in [2.75, 3.05) is 5.32 Å². The maximum absolute atomic E-state index is 12.8. The quantitative estimate of drug-likeness (QED) is 0.582. The molecule has 27 heavy (non-hydrogen) atoms. The minimum absolute atomic E-state index is 0.169. The second kappa shape index (κ2) is 6.79. The van der Waals surface area contributed by atoms with E-state index in [1.54, 1.807) is 12.3 Å². The third kappa shape index (κ3) is 3.14. The molecule has 0 aliphatic rings. The van der Waals surface area contributed by atoms with Crippen LogP contribution in [0, 0.1) is 13.8 Å². The normalized spacial score (nSPS) is 11.2. The van der Waals surface area contributed by atoms with Gasteiger partial charge in [0.15, 0.2) is 5.58 Å². The molecule has 3 heterocycles. The van der Waals surface area contributed by atoms with Crippen molar-refractivity contribution < 1.29 is 9.21 Å². The van der Waals surface area contributed by atoms with Crippen LogP contribution in [0.25, 0.3) is 11.1 Å². The van der Waals surface area contributed by atoms with E-state index < -0.39 is 0 Å². The van der Waals surface area contributed by atoms with Gasteiger partial charge in [-0.2, -0.15) is 5.10 Å². The first kappa shape index (κ1) is 17.1. The molecule has 0 fully saturated rings. The fourth-order valence-corrected chi connectivity index (χ4v) is 3.42. The summed E-state index contributed by atoms with van der Waals surface area (Å²) in [6.07, 6.45) is 2.52. The van der Waals surface area contributed by atoms with Crippen LogP contribution in [-0.2, 0) is 20.0 Å². The van der Waals surface area contributed by atoms with Crippen LogP contribution in [0.3, 0.4) is 0 Å². The maximum Gasteiger partial charge on any atom is 0.272 e. The SMILES string of the molecule is Cc1nn(CCc2ccccc2)c(C)c1NC(=O)c1cc2occc2n1C. The molecule has 0 bridgehead atoms. The Hall–Kier alpha value is -3.28. The molecule has 6 heteroatoms. The lowest BCUT2D eigenvalue weighted by molar-refractivity contribution is 0.101. The van der Waals surface area contributed by atoms with E-state index in [9.17, 15) is 4.79 Å². The van der Waals surface area contributed by atoms with Gasteiger partial charge in [0.1, 0.15) is 5.69 Å². The summed E-state index contributed by atoms with van der Waals surface area (Å²) in [5, 5.41) is 7.62. The molecule has 0 aliphatic carbocycles. The average Bonchev–Trinajstić information content (AvgIpc) is 3.32. The fraction of sp³-hybridized carbons (Fsp3) is 0.238. The van der Waals surface area contributed by atoms with E-state index in [0.29, 0.717) is 11.3 Å². The number of nitrogens with one attached hydrogen (secondary N) is 1. The van der Waals surface area contributed by atoms with Crippen molar-refractivity contribution >= 4 is 22.7 Å². The molecule has 0 saturated carbocycles. The number of carbonyl (C=O) groups is 1. The summed E-state index contributed by atoms with van der Waals surface area (Å²) in [6, 6.07) is 13.9. The predicted octanol–water partition coefficient (Wildman–Crippen LogP) is 4.08. The summed E-state index contributed by atoms with van der Waals surface area (Å²) in [4.78, 5) is 12.8. The van der Waals surface area contributed by atoms with Gasteiger partial charge in [-0.25, -0.2) is 0 Å². The zero-order valence-electron chi connectivity index (χ0n) is 15.7.